The summed E-state index contributed by atoms with van der Waals surface area (Å²) in [6.07, 6.45) is 1.69. The molecule has 12 heavy (non-hydrogen) atoms. The second-order valence-corrected chi connectivity index (χ2v) is 3.55. The molecule has 0 aliphatic rings. The summed E-state index contributed by atoms with van der Waals surface area (Å²) < 4.78 is 0.823. The predicted molar refractivity (Wildman–Crippen MR) is 53.5 cm³/mol. The van der Waals surface area contributed by atoms with E-state index in [9.17, 15) is 0 Å². The highest BCUT2D eigenvalue weighted by Crippen LogP contribution is 2.23. The molecule has 1 heterocycles. The van der Waals surface area contributed by atoms with E-state index >= 15 is 0 Å². The molecule has 0 bridgehead atoms. The van der Waals surface area contributed by atoms with Gasteiger partial charge in [0.25, 0.3) is 0 Å². The third-order valence-electron chi connectivity index (χ3n) is 1.58. The first-order valence-electron chi connectivity index (χ1n) is 3.89. The van der Waals surface area contributed by atoms with Crippen LogP contribution in [-0.4, -0.2) is 9.97 Å². The monoisotopic (exact) mass is 248 g/mol. The van der Waals surface area contributed by atoms with Crippen LogP contribution >= 0.6 is 27.5 Å². The van der Waals surface area contributed by atoms with Crippen molar-refractivity contribution < 1.29 is 0 Å². The second-order valence-electron chi connectivity index (χ2n) is 2.40. The number of halogens is 2. The van der Waals surface area contributed by atoms with E-state index in [0.29, 0.717) is 5.15 Å². The number of nitrogens with zero attached hydrogens (tertiary/aromatic N) is 2. The van der Waals surface area contributed by atoms with Crippen molar-refractivity contribution in [2.45, 2.75) is 26.7 Å². The third kappa shape index (κ3) is 1.96. The van der Waals surface area contributed by atoms with Gasteiger partial charge in [0, 0.05) is 6.42 Å². The van der Waals surface area contributed by atoms with Crippen molar-refractivity contribution in [2.75, 3.05) is 0 Å². The van der Waals surface area contributed by atoms with Gasteiger partial charge in [0.2, 0.25) is 0 Å². The molecule has 0 amide bonds. The van der Waals surface area contributed by atoms with Gasteiger partial charge in [-0.05, 0) is 22.4 Å². The van der Waals surface area contributed by atoms with Gasteiger partial charge in [0.1, 0.15) is 11.0 Å². The summed E-state index contributed by atoms with van der Waals surface area (Å²) >= 11 is 9.23. The molecule has 0 N–H and O–H groups in total. The zero-order valence-electron chi connectivity index (χ0n) is 7.06. The second kappa shape index (κ2) is 4.19. The highest BCUT2D eigenvalue weighted by Gasteiger charge is 2.07. The quantitative estimate of drug-likeness (QED) is 0.753. The van der Waals surface area contributed by atoms with E-state index in [0.717, 1.165) is 28.8 Å². The Morgan fingerprint density at radius 3 is 2.42 bits per heavy atom. The van der Waals surface area contributed by atoms with E-state index in [1.807, 2.05) is 13.8 Å². The van der Waals surface area contributed by atoms with Crippen molar-refractivity contribution >= 4 is 27.5 Å². The zero-order valence-corrected chi connectivity index (χ0v) is 9.41. The average molecular weight is 250 g/mol. The van der Waals surface area contributed by atoms with Crippen molar-refractivity contribution in [3.63, 3.8) is 0 Å². The first-order valence-corrected chi connectivity index (χ1v) is 5.06. The van der Waals surface area contributed by atoms with Crippen LogP contribution in [0.25, 0.3) is 0 Å². The zero-order chi connectivity index (χ0) is 9.14. The first kappa shape index (κ1) is 9.93. The van der Waals surface area contributed by atoms with E-state index < -0.39 is 0 Å². The molecule has 0 radical (unpaired) electrons. The smallest absolute Gasteiger partial charge is 0.147 e. The van der Waals surface area contributed by atoms with Gasteiger partial charge in [0.05, 0.1) is 10.2 Å². The molecular weight excluding hydrogens is 239 g/mol. The van der Waals surface area contributed by atoms with Gasteiger partial charge in [0.15, 0.2) is 0 Å². The van der Waals surface area contributed by atoms with Crippen molar-refractivity contribution in [1.82, 2.24) is 9.97 Å². The van der Waals surface area contributed by atoms with Gasteiger partial charge in [-0.2, -0.15) is 0 Å². The molecule has 0 saturated heterocycles. The Labute approximate surface area is 85.5 Å². The fourth-order valence-electron chi connectivity index (χ4n) is 0.904. The predicted octanol–water partition coefficient (Wildman–Crippen LogP) is 3.02. The summed E-state index contributed by atoms with van der Waals surface area (Å²) in [6.45, 7) is 4.06. The van der Waals surface area contributed by atoms with Crippen molar-refractivity contribution in [1.29, 1.82) is 0 Å². The third-order valence-corrected chi connectivity index (χ3v) is 2.91. The fraction of sp³-hybridized carbons (Fsp3) is 0.500. The van der Waals surface area contributed by atoms with E-state index in [-0.39, 0.29) is 0 Å². The molecule has 4 heteroatoms. The summed E-state index contributed by atoms with van der Waals surface area (Å²) in [7, 11) is 0. The van der Waals surface area contributed by atoms with Crippen LogP contribution in [0.5, 0.6) is 0 Å². The molecule has 1 rings (SSSR count). The lowest BCUT2D eigenvalue weighted by molar-refractivity contribution is 0.879. The lowest BCUT2D eigenvalue weighted by Gasteiger charge is -2.04. The highest BCUT2D eigenvalue weighted by molar-refractivity contribution is 9.10. The first-order chi connectivity index (χ1) is 5.69. The summed E-state index contributed by atoms with van der Waals surface area (Å²) in [6, 6.07) is 0. The Bertz CT molecular complexity index is 289. The lowest BCUT2D eigenvalue weighted by Crippen LogP contribution is -1.99. The average Bonchev–Trinajstić information content (AvgIpc) is 2.09. The summed E-state index contributed by atoms with van der Waals surface area (Å²) in [5.74, 6) is 0.806. The maximum atomic E-state index is 5.88. The maximum Gasteiger partial charge on any atom is 0.147 e. The largest absolute Gasteiger partial charge is 0.237 e. The normalized spacial score (nSPS) is 10.3. The fourth-order valence-corrected chi connectivity index (χ4v) is 1.57. The van der Waals surface area contributed by atoms with Crippen molar-refractivity contribution in [3.05, 3.63) is 21.1 Å². The lowest BCUT2D eigenvalue weighted by atomic mass is 10.3. The molecule has 0 saturated carbocycles. The van der Waals surface area contributed by atoms with Crippen LogP contribution in [-0.2, 0) is 12.8 Å². The van der Waals surface area contributed by atoms with Gasteiger partial charge >= 0.3 is 0 Å². The van der Waals surface area contributed by atoms with E-state index in [1.165, 1.54) is 0 Å². The molecule has 0 unspecified atom stereocenters. The van der Waals surface area contributed by atoms with Gasteiger partial charge in [-0.15, -0.1) is 0 Å². The van der Waals surface area contributed by atoms with Crippen LogP contribution in [0, 0.1) is 0 Å². The SMILES string of the molecule is CCc1nc(Cl)c(Br)c(CC)n1. The number of hydrogen-bond acceptors (Lipinski definition) is 2. The van der Waals surface area contributed by atoms with Crippen LogP contribution in [0.1, 0.15) is 25.4 Å². The minimum absolute atomic E-state index is 0.513. The van der Waals surface area contributed by atoms with Gasteiger partial charge in [-0.1, -0.05) is 25.4 Å². The molecule has 0 spiro atoms. The number of aryl methyl sites for hydroxylation is 2. The minimum Gasteiger partial charge on any atom is -0.237 e. The van der Waals surface area contributed by atoms with E-state index in [2.05, 4.69) is 25.9 Å². The number of rotatable bonds is 2. The van der Waals surface area contributed by atoms with E-state index in [1.54, 1.807) is 0 Å². The Morgan fingerprint density at radius 1 is 1.25 bits per heavy atom. The summed E-state index contributed by atoms with van der Waals surface area (Å²) in [4.78, 5) is 8.43. The van der Waals surface area contributed by atoms with Crippen molar-refractivity contribution in [2.24, 2.45) is 0 Å². The number of hydrogen-bond donors (Lipinski definition) is 0. The topological polar surface area (TPSA) is 25.8 Å². The molecule has 0 aliphatic heterocycles. The summed E-state index contributed by atoms with van der Waals surface area (Å²) in [5, 5.41) is 0.513. The molecule has 1 aromatic heterocycles. The Hall–Kier alpha value is -0.150. The molecule has 1 aromatic rings. The minimum atomic E-state index is 0.513. The van der Waals surface area contributed by atoms with Gasteiger partial charge in [-0.3, -0.25) is 0 Å². The summed E-state index contributed by atoms with van der Waals surface area (Å²) in [5.41, 5.74) is 0.979. The molecule has 2 nitrogen and oxygen atoms in total. The number of aromatic nitrogens is 2. The standard InChI is InChI=1S/C8H10BrClN2/c1-3-5-7(9)8(10)12-6(4-2)11-5/h3-4H2,1-2H3. The van der Waals surface area contributed by atoms with E-state index in [4.69, 9.17) is 11.6 Å². The molecule has 0 aromatic carbocycles. The Morgan fingerprint density at radius 2 is 1.92 bits per heavy atom. The van der Waals surface area contributed by atoms with Crippen molar-refractivity contribution in [3.8, 4) is 0 Å². The Balaban J connectivity index is 3.19. The molecule has 0 aliphatic carbocycles. The molecule has 0 fully saturated rings. The maximum absolute atomic E-state index is 5.88. The van der Waals surface area contributed by atoms with Crippen LogP contribution in [0.2, 0.25) is 5.15 Å². The molecule has 66 valence electrons. The van der Waals surface area contributed by atoms with Gasteiger partial charge < -0.3 is 0 Å². The Kier molecular flexibility index (Phi) is 3.47. The van der Waals surface area contributed by atoms with Crippen LogP contribution < -0.4 is 0 Å². The molecular formula is C8H10BrClN2. The van der Waals surface area contributed by atoms with Crippen LogP contribution in [0.3, 0.4) is 0 Å². The van der Waals surface area contributed by atoms with Crippen LogP contribution in [0.4, 0.5) is 0 Å². The molecule has 0 atom stereocenters. The van der Waals surface area contributed by atoms with Crippen LogP contribution in [0.15, 0.2) is 4.47 Å². The highest BCUT2D eigenvalue weighted by atomic mass is 79.9. The van der Waals surface area contributed by atoms with Gasteiger partial charge in [-0.25, -0.2) is 9.97 Å².